The van der Waals surface area contributed by atoms with Crippen molar-refractivity contribution in [2.45, 2.75) is 0 Å². The van der Waals surface area contributed by atoms with Gasteiger partial charge >= 0.3 is 0 Å². The Morgan fingerprint density at radius 1 is 0.421 bits per heavy atom. The quantitative estimate of drug-likeness (QED) is 0.163. The van der Waals surface area contributed by atoms with E-state index in [4.69, 9.17) is 9.40 Å². The van der Waals surface area contributed by atoms with Gasteiger partial charge in [0.05, 0.1) is 21.3 Å². The summed E-state index contributed by atoms with van der Waals surface area (Å²) in [4.78, 5) is 7.70. The number of furan rings is 1. The fourth-order valence-electron chi connectivity index (χ4n) is 8.23. The van der Waals surface area contributed by atoms with Crippen molar-refractivity contribution in [2.75, 3.05) is 4.90 Å². The summed E-state index contributed by atoms with van der Waals surface area (Å²) < 4.78 is 7.77. The standard InChI is InChI=1S/C53H34N2OS/c1-4-15-35(16-5-1)36-27-29-40(30-28-36)55(41-31-32-43(37-17-6-2-7-18-37)46(33-41)44-25-14-22-38-19-10-11-23-42(38)44)51-50-45-24-12-13-26-48(45)56-49(50)34-47-52(51)57-53(54-47)39-20-8-3-9-21-39/h1-34H. The van der Waals surface area contributed by atoms with E-state index in [1.807, 2.05) is 6.07 Å². The lowest BCUT2D eigenvalue weighted by Gasteiger charge is -2.28. The van der Waals surface area contributed by atoms with Gasteiger partial charge in [0.15, 0.2) is 0 Å². The number of nitrogens with zero attached hydrogens (tertiary/aromatic N) is 2. The molecule has 2 aromatic heterocycles. The number of benzene rings is 9. The molecule has 268 valence electrons. The molecule has 0 aliphatic rings. The molecule has 0 aliphatic heterocycles. The van der Waals surface area contributed by atoms with E-state index in [-0.39, 0.29) is 0 Å². The van der Waals surface area contributed by atoms with Crippen molar-refractivity contribution in [2.24, 2.45) is 0 Å². The minimum absolute atomic E-state index is 0.810. The number of rotatable bonds is 7. The van der Waals surface area contributed by atoms with E-state index in [2.05, 4.69) is 205 Å². The van der Waals surface area contributed by atoms with Gasteiger partial charge in [-0.05, 0) is 74.5 Å². The van der Waals surface area contributed by atoms with Crippen LogP contribution >= 0.6 is 11.3 Å². The molecule has 0 fully saturated rings. The summed E-state index contributed by atoms with van der Waals surface area (Å²) in [6.07, 6.45) is 0. The van der Waals surface area contributed by atoms with Gasteiger partial charge in [-0.2, -0.15) is 0 Å². The summed E-state index contributed by atoms with van der Waals surface area (Å²) in [5, 5.41) is 5.53. The van der Waals surface area contributed by atoms with Crippen LogP contribution in [0.5, 0.6) is 0 Å². The van der Waals surface area contributed by atoms with E-state index in [0.29, 0.717) is 0 Å². The fraction of sp³-hybridized carbons (Fsp3) is 0. The molecule has 57 heavy (non-hydrogen) atoms. The van der Waals surface area contributed by atoms with Gasteiger partial charge in [-0.1, -0.05) is 170 Å². The van der Waals surface area contributed by atoms with E-state index in [1.54, 1.807) is 11.3 Å². The number of thiazole rings is 1. The largest absolute Gasteiger partial charge is 0.456 e. The molecule has 0 saturated carbocycles. The predicted octanol–water partition coefficient (Wildman–Crippen LogP) is 15.5. The molecule has 0 bridgehead atoms. The van der Waals surface area contributed by atoms with Crippen LogP contribution in [0.3, 0.4) is 0 Å². The van der Waals surface area contributed by atoms with Crippen LogP contribution in [-0.4, -0.2) is 4.98 Å². The van der Waals surface area contributed by atoms with Gasteiger partial charge in [0, 0.05) is 28.4 Å². The second-order valence-electron chi connectivity index (χ2n) is 14.3. The van der Waals surface area contributed by atoms with E-state index >= 15 is 0 Å². The van der Waals surface area contributed by atoms with Crippen molar-refractivity contribution < 1.29 is 4.42 Å². The zero-order chi connectivity index (χ0) is 37.7. The highest BCUT2D eigenvalue weighted by Gasteiger charge is 2.26. The Morgan fingerprint density at radius 2 is 1.04 bits per heavy atom. The first-order valence-electron chi connectivity index (χ1n) is 19.2. The summed E-state index contributed by atoms with van der Waals surface area (Å²) in [6, 6.07) is 73.4. The van der Waals surface area contributed by atoms with E-state index in [1.165, 1.54) is 33.0 Å². The number of hydrogen-bond donors (Lipinski definition) is 0. The van der Waals surface area contributed by atoms with Crippen molar-refractivity contribution in [1.29, 1.82) is 0 Å². The molecular weight excluding hydrogens is 713 g/mol. The third kappa shape index (κ3) is 5.78. The van der Waals surface area contributed by atoms with Crippen LogP contribution in [0.15, 0.2) is 211 Å². The number of aromatic nitrogens is 1. The Bertz CT molecular complexity index is 3220. The maximum absolute atomic E-state index is 6.67. The average molecular weight is 747 g/mol. The van der Waals surface area contributed by atoms with Crippen LogP contribution < -0.4 is 4.90 Å². The van der Waals surface area contributed by atoms with Gasteiger partial charge in [-0.3, -0.25) is 0 Å². The summed E-state index contributed by atoms with van der Waals surface area (Å²) in [6.45, 7) is 0. The third-order valence-corrected chi connectivity index (χ3v) is 12.0. The Labute approximate surface area is 334 Å². The maximum Gasteiger partial charge on any atom is 0.139 e. The number of anilines is 3. The molecule has 0 amide bonds. The Balaban J connectivity index is 1.24. The van der Waals surface area contributed by atoms with Gasteiger partial charge in [-0.15, -0.1) is 11.3 Å². The Kier molecular flexibility index (Phi) is 8.01. The minimum atomic E-state index is 0.810. The molecule has 0 unspecified atom stereocenters. The maximum atomic E-state index is 6.67. The van der Waals surface area contributed by atoms with Crippen LogP contribution in [0.4, 0.5) is 17.1 Å². The van der Waals surface area contributed by atoms with Crippen LogP contribution in [0.25, 0.3) is 86.9 Å². The van der Waals surface area contributed by atoms with Crippen LogP contribution in [-0.2, 0) is 0 Å². The van der Waals surface area contributed by atoms with Crippen molar-refractivity contribution in [1.82, 2.24) is 4.98 Å². The second-order valence-corrected chi connectivity index (χ2v) is 15.3. The lowest BCUT2D eigenvalue weighted by atomic mass is 9.90. The lowest BCUT2D eigenvalue weighted by molar-refractivity contribution is 0.669. The number of para-hydroxylation sites is 1. The van der Waals surface area contributed by atoms with E-state index in [0.717, 1.165) is 70.9 Å². The third-order valence-electron chi connectivity index (χ3n) is 10.9. The first kappa shape index (κ1) is 33.1. The summed E-state index contributed by atoms with van der Waals surface area (Å²) in [5.41, 5.74) is 13.8. The molecular formula is C53H34N2OS. The molecule has 4 heteroatoms. The number of fused-ring (bicyclic) bond motifs is 5. The van der Waals surface area contributed by atoms with Gasteiger partial charge in [0.2, 0.25) is 0 Å². The molecule has 2 heterocycles. The summed E-state index contributed by atoms with van der Waals surface area (Å²) in [5.74, 6) is 0. The highest BCUT2D eigenvalue weighted by molar-refractivity contribution is 7.22. The normalized spacial score (nSPS) is 11.5. The van der Waals surface area contributed by atoms with Crippen molar-refractivity contribution >= 4 is 71.3 Å². The molecule has 11 rings (SSSR count). The van der Waals surface area contributed by atoms with Crippen molar-refractivity contribution in [3.05, 3.63) is 206 Å². The van der Waals surface area contributed by atoms with E-state index in [9.17, 15) is 0 Å². The van der Waals surface area contributed by atoms with Gasteiger partial charge in [-0.25, -0.2) is 4.98 Å². The average Bonchev–Trinajstić information content (AvgIpc) is 3.89. The molecule has 9 aromatic carbocycles. The highest BCUT2D eigenvalue weighted by Crippen LogP contribution is 2.51. The first-order chi connectivity index (χ1) is 28.3. The lowest BCUT2D eigenvalue weighted by Crippen LogP contribution is -2.11. The number of hydrogen-bond acceptors (Lipinski definition) is 4. The topological polar surface area (TPSA) is 29.3 Å². The molecule has 11 aromatic rings. The van der Waals surface area contributed by atoms with Crippen LogP contribution in [0, 0.1) is 0 Å². The molecule has 0 saturated heterocycles. The molecule has 0 aliphatic carbocycles. The minimum Gasteiger partial charge on any atom is -0.456 e. The molecule has 3 nitrogen and oxygen atoms in total. The SMILES string of the molecule is c1ccc(-c2ccc(N(c3ccc(-c4ccccc4)c(-c4cccc5ccccc45)c3)c3c4sc(-c5ccccc5)nc4cc4oc5ccccc5c34)cc2)cc1. The van der Waals surface area contributed by atoms with Crippen LogP contribution in [0.1, 0.15) is 0 Å². The van der Waals surface area contributed by atoms with Gasteiger partial charge in [0.25, 0.3) is 0 Å². The summed E-state index contributed by atoms with van der Waals surface area (Å²) in [7, 11) is 0. The Hall–Kier alpha value is -7.27. The zero-order valence-electron chi connectivity index (χ0n) is 30.8. The fourth-order valence-corrected chi connectivity index (χ4v) is 9.32. The predicted molar refractivity (Wildman–Crippen MR) is 241 cm³/mol. The van der Waals surface area contributed by atoms with E-state index < -0.39 is 0 Å². The Morgan fingerprint density at radius 3 is 1.81 bits per heavy atom. The van der Waals surface area contributed by atoms with Gasteiger partial charge in [0.1, 0.15) is 16.2 Å². The molecule has 0 radical (unpaired) electrons. The molecule has 0 spiro atoms. The molecule has 0 N–H and O–H groups in total. The van der Waals surface area contributed by atoms with Gasteiger partial charge < -0.3 is 9.32 Å². The zero-order valence-corrected chi connectivity index (χ0v) is 31.7. The molecule has 0 atom stereocenters. The first-order valence-corrected chi connectivity index (χ1v) is 20.0. The van der Waals surface area contributed by atoms with Crippen molar-refractivity contribution in [3.8, 4) is 44.0 Å². The second kappa shape index (κ2) is 13.8. The monoisotopic (exact) mass is 746 g/mol. The smallest absolute Gasteiger partial charge is 0.139 e. The highest BCUT2D eigenvalue weighted by atomic mass is 32.1. The van der Waals surface area contributed by atoms with Crippen LogP contribution in [0.2, 0.25) is 0 Å². The summed E-state index contributed by atoms with van der Waals surface area (Å²) >= 11 is 1.73. The van der Waals surface area contributed by atoms with Crippen molar-refractivity contribution in [3.63, 3.8) is 0 Å².